The molecule has 0 radical (unpaired) electrons. The van der Waals surface area contributed by atoms with E-state index in [0.29, 0.717) is 0 Å². The first-order valence-electron chi connectivity index (χ1n) is 8.56. The highest BCUT2D eigenvalue weighted by Crippen LogP contribution is 2.44. The second-order valence-electron chi connectivity index (χ2n) is 7.37. The lowest BCUT2D eigenvalue weighted by molar-refractivity contribution is -0.168. The Kier molecular flexibility index (Phi) is 5.56. The molecule has 0 bridgehead atoms. The lowest BCUT2D eigenvalue weighted by atomic mass is 9.74. The minimum Gasteiger partial charge on any atom is -0.480 e. The number of hydrogen-bond acceptors (Lipinski definition) is 6. The topological polar surface area (TPSA) is 183 Å². The quantitative estimate of drug-likeness (QED) is 0.455. The highest BCUT2D eigenvalue weighted by Gasteiger charge is 2.54. The second-order valence-corrected chi connectivity index (χ2v) is 9.88. The standard InChI is InChI=1S/C16H22O10S/c17-11(18)15(12(19)20)5-1-9(2-6-15)27(25,26)10-3-7-16(8-4-10,13(21)22)14(23)24/h9-10H,1-8H2,(H,17,18)(H,19,20)(H,21,22)(H,23,24). The zero-order chi connectivity index (χ0) is 20.6. The van der Waals surface area contributed by atoms with Crippen molar-refractivity contribution in [3.05, 3.63) is 0 Å². The van der Waals surface area contributed by atoms with Gasteiger partial charge in [0.25, 0.3) is 0 Å². The summed E-state index contributed by atoms with van der Waals surface area (Å²) in [4.78, 5) is 45.3. The Morgan fingerprint density at radius 3 is 1.00 bits per heavy atom. The van der Waals surface area contributed by atoms with E-state index in [9.17, 15) is 48.0 Å². The predicted molar refractivity (Wildman–Crippen MR) is 88.8 cm³/mol. The number of carboxylic acids is 4. The molecule has 2 aliphatic rings. The molecule has 0 unspecified atom stereocenters. The number of rotatable bonds is 6. The van der Waals surface area contributed by atoms with Crippen LogP contribution < -0.4 is 0 Å². The van der Waals surface area contributed by atoms with Crippen LogP contribution >= 0.6 is 0 Å². The Bertz CT molecular complexity index is 662. The average Bonchev–Trinajstić information content (AvgIpc) is 2.61. The smallest absolute Gasteiger partial charge is 0.321 e. The first-order chi connectivity index (χ1) is 12.4. The molecule has 0 amide bonds. The molecule has 0 aliphatic heterocycles. The van der Waals surface area contributed by atoms with Crippen LogP contribution in [0.25, 0.3) is 0 Å². The maximum Gasteiger partial charge on any atom is 0.321 e. The highest BCUT2D eigenvalue weighted by atomic mass is 32.2. The van der Waals surface area contributed by atoms with Crippen molar-refractivity contribution in [3.63, 3.8) is 0 Å². The SMILES string of the molecule is O=C(O)C1(C(=O)O)CCC(S(=O)(=O)C2CCC(C(=O)O)(C(=O)O)CC2)CC1. The van der Waals surface area contributed by atoms with Gasteiger partial charge < -0.3 is 20.4 Å². The van der Waals surface area contributed by atoms with Crippen LogP contribution in [0, 0.1) is 10.8 Å². The minimum absolute atomic E-state index is 0.111. The Morgan fingerprint density at radius 2 is 0.815 bits per heavy atom. The first-order valence-corrected chi connectivity index (χ1v) is 10.2. The van der Waals surface area contributed by atoms with Gasteiger partial charge in [-0.15, -0.1) is 0 Å². The van der Waals surface area contributed by atoms with Gasteiger partial charge in [0.15, 0.2) is 20.7 Å². The van der Waals surface area contributed by atoms with Gasteiger partial charge in [0.2, 0.25) is 0 Å². The van der Waals surface area contributed by atoms with Gasteiger partial charge in [-0.3, -0.25) is 19.2 Å². The van der Waals surface area contributed by atoms with Gasteiger partial charge in [0, 0.05) is 0 Å². The van der Waals surface area contributed by atoms with Crippen molar-refractivity contribution in [2.45, 2.75) is 61.9 Å². The average molecular weight is 406 g/mol. The lowest BCUT2D eigenvalue weighted by Crippen LogP contribution is -2.48. The molecule has 11 heteroatoms. The number of carbonyl (C=O) groups is 4. The van der Waals surface area contributed by atoms with Crippen LogP contribution in [0.5, 0.6) is 0 Å². The molecule has 2 fully saturated rings. The van der Waals surface area contributed by atoms with Crippen LogP contribution in [0.4, 0.5) is 0 Å². The van der Waals surface area contributed by atoms with Crippen molar-refractivity contribution in [3.8, 4) is 0 Å². The number of hydrogen-bond donors (Lipinski definition) is 4. The minimum atomic E-state index is -3.76. The summed E-state index contributed by atoms with van der Waals surface area (Å²) in [5.41, 5.74) is -3.97. The number of aliphatic carboxylic acids is 4. The van der Waals surface area contributed by atoms with Crippen molar-refractivity contribution >= 4 is 33.7 Å². The van der Waals surface area contributed by atoms with E-state index >= 15 is 0 Å². The van der Waals surface area contributed by atoms with Crippen LogP contribution in [-0.2, 0) is 29.0 Å². The van der Waals surface area contributed by atoms with E-state index < -0.39 is 55.0 Å². The maximum atomic E-state index is 12.9. The molecule has 0 spiro atoms. The Morgan fingerprint density at radius 1 is 0.593 bits per heavy atom. The second kappa shape index (κ2) is 7.10. The monoisotopic (exact) mass is 406 g/mol. The van der Waals surface area contributed by atoms with Gasteiger partial charge in [0.1, 0.15) is 0 Å². The molecule has 0 aromatic rings. The Balaban J connectivity index is 2.11. The Hall–Kier alpha value is -2.17. The van der Waals surface area contributed by atoms with Crippen molar-refractivity contribution in [1.82, 2.24) is 0 Å². The molecular weight excluding hydrogens is 384 g/mol. The highest BCUT2D eigenvalue weighted by molar-refractivity contribution is 7.92. The summed E-state index contributed by atoms with van der Waals surface area (Å²) in [7, 11) is -3.76. The fraction of sp³-hybridized carbons (Fsp3) is 0.750. The summed E-state index contributed by atoms with van der Waals surface area (Å²) in [6.07, 6.45) is -1.66. The van der Waals surface area contributed by atoms with Gasteiger partial charge in [-0.2, -0.15) is 0 Å². The molecule has 2 rings (SSSR count). The molecule has 10 nitrogen and oxygen atoms in total. The molecule has 152 valence electrons. The fourth-order valence-electron chi connectivity index (χ4n) is 4.14. The van der Waals surface area contributed by atoms with Crippen LogP contribution in [0.3, 0.4) is 0 Å². The van der Waals surface area contributed by atoms with Crippen molar-refractivity contribution in [1.29, 1.82) is 0 Å². The summed E-state index contributed by atoms with van der Waals surface area (Å²) < 4.78 is 25.7. The van der Waals surface area contributed by atoms with E-state index in [2.05, 4.69) is 0 Å². The van der Waals surface area contributed by atoms with Crippen LogP contribution in [0.1, 0.15) is 51.4 Å². The molecule has 0 aromatic carbocycles. The molecular formula is C16H22O10S. The number of sulfone groups is 1. The van der Waals surface area contributed by atoms with Gasteiger partial charge in [-0.1, -0.05) is 0 Å². The molecule has 0 aromatic heterocycles. The van der Waals surface area contributed by atoms with Gasteiger partial charge in [-0.05, 0) is 51.4 Å². The third kappa shape index (κ3) is 3.40. The third-order valence-electron chi connectivity index (χ3n) is 6.14. The van der Waals surface area contributed by atoms with E-state index in [1.165, 1.54) is 0 Å². The summed E-state index contributed by atoms with van der Waals surface area (Å²) in [5.74, 6) is -5.96. The fourth-order valence-corrected chi connectivity index (χ4v) is 6.47. The molecule has 0 saturated heterocycles. The van der Waals surface area contributed by atoms with E-state index in [0.717, 1.165) is 0 Å². The van der Waals surface area contributed by atoms with E-state index in [-0.39, 0.29) is 51.4 Å². The van der Waals surface area contributed by atoms with Crippen molar-refractivity contribution in [2.24, 2.45) is 10.8 Å². The third-order valence-corrected chi connectivity index (χ3v) is 8.94. The van der Waals surface area contributed by atoms with Gasteiger partial charge in [0.05, 0.1) is 10.5 Å². The summed E-state index contributed by atoms with van der Waals surface area (Å²) >= 11 is 0. The predicted octanol–water partition coefficient (Wildman–Crippen LogP) is 0.598. The van der Waals surface area contributed by atoms with Crippen LogP contribution in [-0.4, -0.2) is 63.2 Å². The lowest BCUT2D eigenvalue weighted by Gasteiger charge is -2.37. The maximum absolute atomic E-state index is 12.9. The first kappa shape index (κ1) is 21.1. The van der Waals surface area contributed by atoms with Crippen molar-refractivity contribution < 1.29 is 48.0 Å². The normalized spacial score (nSPS) is 23.4. The van der Waals surface area contributed by atoms with Crippen molar-refractivity contribution in [2.75, 3.05) is 0 Å². The van der Waals surface area contributed by atoms with Crippen LogP contribution in [0.2, 0.25) is 0 Å². The molecule has 2 aliphatic carbocycles. The summed E-state index contributed by atoms with van der Waals surface area (Å²) in [6.45, 7) is 0. The van der Waals surface area contributed by atoms with E-state index in [1.807, 2.05) is 0 Å². The molecule has 27 heavy (non-hydrogen) atoms. The molecule has 2 saturated carbocycles. The summed E-state index contributed by atoms with van der Waals surface area (Å²) in [6, 6.07) is 0. The zero-order valence-electron chi connectivity index (χ0n) is 14.5. The van der Waals surface area contributed by atoms with E-state index in [4.69, 9.17) is 0 Å². The molecule has 0 atom stereocenters. The molecule has 4 N–H and O–H groups in total. The summed E-state index contributed by atoms with van der Waals surface area (Å²) in [5, 5.41) is 35.1. The zero-order valence-corrected chi connectivity index (χ0v) is 15.3. The van der Waals surface area contributed by atoms with E-state index in [1.54, 1.807) is 0 Å². The van der Waals surface area contributed by atoms with Gasteiger partial charge >= 0.3 is 23.9 Å². The largest absolute Gasteiger partial charge is 0.480 e. The molecule has 0 heterocycles. The Labute approximate surface area is 155 Å². The van der Waals surface area contributed by atoms with Gasteiger partial charge in [-0.25, -0.2) is 8.42 Å². The van der Waals surface area contributed by atoms with Crippen LogP contribution in [0.15, 0.2) is 0 Å². The number of carboxylic acid groups (broad SMARTS) is 4.